The number of nitrogens with two attached hydrogens (primary N) is 2. The van der Waals surface area contributed by atoms with Crippen molar-refractivity contribution in [2.75, 3.05) is 13.7 Å². The molecule has 7 heteroatoms. The zero-order chi connectivity index (χ0) is 13.5. The van der Waals surface area contributed by atoms with Crippen molar-refractivity contribution in [2.45, 2.75) is 38.2 Å². The van der Waals surface area contributed by atoms with Gasteiger partial charge in [-0.05, 0) is 19.3 Å². The zero-order valence-corrected chi connectivity index (χ0v) is 12.7. The van der Waals surface area contributed by atoms with Gasteiger partial charge in [-0.15, -0.1) is 0 Å². The number of hydrogen-bond acceptors (Lipinski definition) is 6. The van der Waals surface area contributed by atoms with Gasteiger partial charge in [-0.2, -0.15) is 0 Å². The highest BCUT2D eigenvalue weighted by atomic mass is 127. The van der Waals surface area contributed by atoms with Crippen molar-refractivity contribution in [3.8, 4) is 0 Å². The van der Waals surface area contributed by atoms with Gasteiger partial charge in [0.15, 0.2) is 0 Å². The molecule has 1 aliphatic rings. The number of carbonyl (C=O) groups excluding carboxylic acids is 1. The average Bonchev–Trinajstić information content (AvgIpc) is 2.32. The van der Waals surface area contributed by atoms with Crippen LogP contribution in [0.4, 0.5) is 0 Å². The monoisotopic (exact) mass is 369 g/mol. The maximum absolute atomic E-state index is 11.1. The fourth-order valence-corrected chi connectivity index (χ4v) is 2.44. The molecule has 1 rings (SSSR count). The summed E-state index contributed by atoms with van der Waals surface area (Å²) in [5, 5.41) is 0. The van der Waals surface area contributed by atoms with E-state index >= 15 is 0 Å². The summed E-state index contributed by atoms with van der Waals surface area (Å²) in [6.07, 6.45) is 4.59. The molecule has 0 saturated carbocycles. The number of allylic oxidation sites excluding steroid dienone is 1. The Kier molecular flexibility index (Phi) is 6.72. The van der Waals surface area contributed by atoms with Gasteiger partial charge in [0.2, 0.25) is 0 Å². The number of halogens is 1. The molecule has 0 saturated heterocycles. The number of hydrazine groups is 1. The van der Waals surface area contributed by atoms with Crippen LogP contribution in [0.5, 0.6) is 0 Å². The number of nitrogens with zero attached hydrogens (tertiary/aromatic N) is 1. The normalized spacial score (nSPS) is 21.2. The Hall–Kier alpha value is -0.540. The predicted molar refractivity (Wildman–Crippen MR) is 76.1 cm³/mol. The zero-order valence-electron chi connectivity index (χ0n) is 10.5. The van der Waals surface area contributed by atoms with Crippen LogP contribution < -0.4 is 11.6 Å². The molecule has 0 heterocycles. The van der Waals surface area contributed by atoms with E-state index in [0.29, 0.717) is 5.70 Å². The number of hydrogen-bond donors (Lipinski definition) is 2. The van der Waals surface area contributed by atoms with Crippen molar-refractivity contribution in [1.82, 2.24) is 3.22 Å². The molecule has 0 amide bonds. The van der Waals surface area contributed by atoms with Gasteiger partial charge in [0.05, 0.1) is 47.5 Å². The third-order valence-corrected chi connectivity index (χ3v) is 3.53. The average molecular weight is 369 g/mol. The molecular formula is C11H20IN3O3. The summed E-state index contributed by atoms with van der Waals surface area (Å²) in [4.78, 5) is 11.1. The molecule has 0 aromatic rings. The van der Waals surface area contributed by atoms with Crippen LogP contribution in [0.15, 0.2) is 11.4 Å². The Labute approximate surface area is 121 Å². The van der Waals surface area contributed by atoms with Gasteiger partial charge in [-0.25, -0.2) is 10.6 Å². The van der Waals surface area contributed by atoms with Gasteiger partial charge >= 0.3 is 5.97 Å². The van der Waals surface area contributed by atoms with Crippen LogP contribution in [0.2, 0.25) is 0 Å². The Bertz CT molecular complexity index is 321. The van der Waals surface area contributed by atoms with Gasteiger partial charge in [0.1, 0.15) is 6.61 Å². The molecule has 0 spiro atoms. The molecule has 0 fully saturated rings. The van der Waals surface area contributed by atoms with E-state index in [4.69, 9.17) is 16.3 Å². The molecule has 0 radical (unpaired) electrons. The van der Waals surface area contributed by atoms with Crippen molar-refractivity contribution in [2.24, 2.45) is 11.6 Å². The van der Waals surface area contributed by atoms with E-state index in [2.05, 4.69) is 4.74 Å². The topological polar surface area (TPSA) is 90.8 Å². The van der Waals surface area contributed by atoms with E-state index in [-0.39, 0.29) is 12.7 Å². The van der Waals surface area contributed by atoms with Crippen LogP contribution in [0, 0.1) is 0 Å². The lowest BCUT2D eigenvalue weighted by atomic mass is 9.99. The van der Waals surface area contributed by atoms with E-state index in [9.17, 15) is 4.79 Å². The standard InChI is InChI=1S/C11H20IN3O3/c1-17-10(16)7-18-9-6-4-2-3-5-8(11(9)13)15(12)14/h9H,2-7,13-14H2,1H3. The summed E-state index contributed by atoms with van der Waals surface area (Å²) >= 11 is 1.99. The second-order valence-corrected chi connectivity index (χ2v) is 5.23. The number of carbonyl (C=O) groups is 1. The Morgan fingerprint density at radius 3 is 2.83 bits per heavy atom. The van der Waals surface area contributed by atoms with Crippen LogP contribution in [-0.4, -0.2) is 29.0 Å². The van der Waals surface area contributed by atoms with Gasteiger partial charge < -0.3 is 15.2 Å². The lowest BCUT2D eigenvalue weighted by molar-refractivity contribution is -0.147. The third kappa shape index (κ3) is 4.62. The van der Waals surface area contributed by atoms with Crippen molar-refractivity contribution >= 4 is 28.8 Å². The lowest BCUT2D eigenvalue weighted by Gasteiger charge is -2.26. The Balaban J connectivity index is 2.74. The van der Waals surface area contributed by atoms with E-state index in [1.165, 1.54) is 10.3 Å². The third-order valence-electron chi connectivity index (χ3n) is 2.95. The molecule has 104 valence electrons. The predicted octanol–water partition coefficient (Wildman–Crippen LogP) is 1.20. The van der Waals surface area contributed by atoms with Crippen molar-refractivity contribution in [3.05, 3.63) is 11.4 Å². The molecule has 18 heavy (non-hydrogen) atoms. The maximum atomic E-state index is 11.1. The van der Waals surface area contributed by atoms with E-state index < -0.39 is 5.97 Å². The summed E-state index contributed by atoms with van der Waals surface area (Å²) in [5.74, 6) is 5.36. The summed E-state index contributed by atoms with van der Waals surface area (Å²) in [6, 6.07) is 0. The first-order chi connectivity index (χ1) is 8.56. The molecule has 6 nitrogen and oxygen atoms in total. The van der Waals surface area contributed by atoms with E-state index in [1.807, 2.05) is 22.9 Å². The van der Waals surface area contributed by atoms with Crippen LogP contribution in [0.3, 0.4) is 0 Å². The molecule has 4 N–H and O–H groups in total. The first-order valence-corrected chi connectivity index (χ1v) is 6.90. The summed E-state index contributed by atoms with van der Waals surface area (Å²) in [5.41, 5.74) is 7.60. The van der Waals surface area contributed by atoms with Crippen LogP contribution in [0.1, 0.15) is 32.1 Å². The molecule has 1 atom stereocenters. The highest BCUT2D eigenvalue weighted by molar-refractivity contribution is 14.1. The summed E-state index contributed by atoms with van der Waals surface area (Å²) in [7, 11) is 1.33. The molecular weight excluding hydrogens is 349 g/mol. The summed E-state index contributed by atoms with van der Waals surface area (Å²) in [6.45, 7) is -0.0824. The van der Waals surface area contributed by atoms with Gasteiger partial charge in [0.25, 0.3) is 0 Å². The van der Waals surface area contributed by atoms with E-state index in [1.54, 1.807) is 0 Å². The van der Waals surface area contributed by atoms with Crippen LogP contribution >= 0.6 is 22.9 Å². The first-order valence-electron chi connectivity index (χ1n) is 5.93. The van der Waals surface area contributed by atoms with E-state index in [0.717, 1.165) is 37.8 Å². The lowest BCUT2D eigenvalue weighted by Crippen LogP contribution is -2.32. The minimum absolute atomic E-state index is 0.0824. The summed E-state index contributed by atoms with van der Waals surface area (Å²) < 4.78 is 11.6. The van der Waals surface area contributed by atoms with Crippen LogP contribution in [-0.2, 0) is 14.3 Å². The van der Waals surface area contributed by atoms with Crippen LogP contribution in [0.25, 0.3) is 0 Å². The minimum atomic E-state index is -0.398. The Morgan fingerprint density at radius 2 is 2.22 bits per heavy atom. The smallest absolute Gasteiger partial charge is 0.331 e. The highest BCUT2D eigenvalue weighted by Crippen LogP contribution is 2.25. The van der Waals surface area contributed by atoms with Crippen molar-refractivity contribution in [3.63, 3.8) is 0 Å². The minimum Gasteiger partial charge on any atom is -0.467 e. The number of ether oxygens (including phenoxy) is 2. The fraction of sp³-hybridized carbons (Fsp3) is 0.727. The molecule has 0 aromatic heterocycles. The number of methoxy groups -OCH3 is 1. The molecule has 1 unspecified atom stereocenters. The molecule has 1 aliphatic carbocycles. The molecule has 0 aliphatic heterocycles. The number of esters is 1. The largest absolute Gasteiger partial charge is 0.467 e. The van der Waals surface area contributed by atoms with Crippen molar-refractivity contribution < 1.29 is 14.3 Å². The Morgan fingerprint density at radius 1 is 1.50 bits per heavy atom. The van der Waals surface area contributed by atoms with Gasteiger partial charge in [0, 0.05) is 0 Å². The second-order valence-electron chi connectivity index (χ2n) is 4.19. The number of rotatable bonds is 4. The first kappa shape index (κ1) is 15.5. The van der Waals surface area contributed by atoms with Crippen molar-refractivity contribution in [1.29, 1.82) is 0 Å². The van der Waals surface area contributed by atoms with Gasteiger partial charge in [-0.3, -0.25) is 3.22 Å². The SMILES string of the molecule is COC(=O)COC1CCCCCC(N(N)I)=C1N. The highest BCUT2D eigenvalue weighted by Gasteiger charge is 2.21. The van der Waals surface area contributed by atoms with Gasteiger partial charge in [-0.1, -0.05) is 12.8 Å². The quantitative estimate of drug-likeness (QED) is 0.255. The molecule has 0 aromatic carbocycles. The maximum Gasteiger partial charge on any atom is 0.331 e. The second kappa shape index (κ2) is 7.80. The fourth-order valence-electron chi connectivity index (χ4n) is 1.92. The molecule has 0 bridgehead atoms.